The predicted molar refractivity (Wildman–Crippen MR) is 134 cm³/mol. The third-order valence-electron chi connectivity index (χ3n) is 6.21. The molecule has 0 bridgehead atoms. The van der Waals surface area contributed by atoms with E-state index in [1.807, 2.05) is 30.3 Å². The Bertz CT molecular complexity index is 1160. The molecule has 4 rings (SSSR count). The number of benzene rings is 2. The Labute approximate surface area is 199 Å². The number of carbonyl (C=O) groups is 2. The second kappa shape index (κ2) is 11.0. The summed E-state index contributed by atoms with van der Waals surface area (Å²) < 4.78 is 10.3. The first-order valence-electron chi connectivity index (χ1n) is 11.7. The number of aromatic amines is 1. The molecular weight excluding hydrogens is 430 g/mol. The van der Waals surface area contributed by atoms with Crippen LogP contribution in [0, 0.1) is 0 Å². The average molecular weight is 462 g/mol. The van der Waals surface area contributed by atoms with Gasteiger partial charge in [-0.1, -0.05) is 12.1 Å². The van der Waals surface area contributed by atoms with Crippen molar-refractivity contribution in [3.63, 3.8) is 0 Å². The fraction of sp³-hybridized carbons (Fsp3) is 0.333. The number of esters is 1. The van der Waals surface area contributed by atoms with Crippen LogP contribution in [0.5, 0.6) is 5.75 Å². The molecule has 0 radical (unpaired) electrons. The van der Waals surface area contributed by atoms with Crippen molar-refractivity contribution in [3.05, 3.63) is 65.9 Å². The molecule has 1 amide bonds. The van der Waals surface area contributed by atoms with Crippen molar-refractivity contribution in [1.29, 1.82) is 0 Å². The highest BCUT2D eigenvalue weighted by Crippen LogP contribution is 2.34. The molecule has 1 aliphatic heterocycles. The first-order chi connectivity index (χ1) is 16.6. The summed E-state index contributed by atoms with van der Waals surface area (Å²) in [5.74, 6) is 0.944. The Balaban J connectivity index is 1.27. The molecule has 0 saturated carbocycles. The smallest absolute Gasteiger partial charge is 0.330 e. The first-order valence-corrected chi connectivity index (χ1v) is 11.7. The molecule has 34 heavy (non-hydrogen) atoms. The summed E-state index contributed by atoms with van der Waals surface area (Å²) in [4.78, 5) is 29.5. The number of fused-ring (bicyclic) bond motifs is 1. The van der Waals surface area contributed by atoms with Gasteiger partial charge in [-0.3, -0.25) is 9.69 Å². The number of nitrogens with zero attached hydrogens (tertiary/aromatic N) is 1. The van der Waals surface area contributed by atoms with Gasteiger partial charge in [0.25, 0.3) is 0 Å². The summed E-state index contributed by atoms with van der Waals surface area (Å²) in [7, 11) is 1.69. The fourth-order valence-corrected chi connectivity index (χ4v) is 4.42. The second-order valence-corrected chi connectivity index (χ2v) is 8.46. The Morgan fingerprint density at radius 2 is 1.91 bits per heavy atom. The van der Waals surface area contributed by atoms with Gasteiger partial charge in [0, 0.05) is 28.9 Å². The molecule has 0 atom stereocenters. The van der Waals surface area contributed by atoms with E-state index in [0.29, 0.717) is 19.1 Å². The number of hydrogen-bond acceptors (Lipinski definition) is 5. The second-order valence-electron chi connectivity index (χ2n) is 8.46. The molecule has 2 aromatic carbocycles. The third kappa shape index (κ3) is 5.85. The van der Waals surface area contributed by atoms with Gasteiger partial charge >= 0.3 is 5.97 Å². The number of piperidine rings is 1. The van der Waals surface area contributed by atoms with Gasteiger partial charge in [-0.2, -0.15) is 0 Å². The van der Waals surface area contributed by atoms with Crippen LogP contribution in [0.25, 0.3) is 17.0 Å². The maximum absolute atomic E-state index is 12.6. The van der Waals surface area contributed by atoms with Crippen molar-refractivity contribution in [2.75, 3.05) is 38.7 Å². The highest BCUT2D eigenvalue weighted by Gasteiger charge is 2.24. The molecule has 1 fully saturated rings. The molecule has 7 heteroatoms. The zero-order valence-corrected chi connectivity index (χ0v) is 19.7. The molecule has 1 aromatic heterocycles. The molecule has 0 unspecified atom stereocenters. The van der Waals surface area contributed by atoms with Crippen LogP contribution in [0.1, 0.15) is 36.8 Å². The van der Waals surface area contributed by atoms with E-state index in [-0.39, 0.29) is 11.9 Å². The molecular formula is C27H31N3O4. The van der Waals surface area contributed by atoms with Crippen molar-refractivity contribution < 1.29 is 19.1 Å². The Morgan fingerprint density at radius 3 is 2.62 bits per heavy atom. The number of H-pyrrole nitrogens is 1. The molecule has 7 nitrogen and oxygen atoms in total. The quantitative estimate of drug-likeness (QED) is 0.379. The maximum Gasteiger partial charge on any atom is 0.330 e. The summed E-state index contributed by atoms with van der Waals surface area (Å²) in [6.45, 7) is 4.26. The van der Waals surface area contributed by atoms with Crippen LogP contribution in [0.15, 0.2) is 54.7 Å². The fourth-order valence-electron chi connectivity index (χ4n) is 4.42. The standard InChI is InChI=1S/C27H31N3O4/c1-3-34-27(32)11-6-19-4-7-21(8-5-19)29-26(31)18-30-14-12-20(13-15-30)24-17-28-25-10-9-22(33-2)16-23(24)25/h4-11,16-17,20,28H,3,12-15,18H2,1-2H3,(H,29,31)/b11-6+. The minimum atomic E-state index is -0.368. The minimum Gasteiger partial charge on any atom is -0.497 e. The van der Waals surface area contributed by atoms with Crippen LogP contribution in [-0.4, -0.2) is 55.1 Å². The van der Waals surface area contributed by atoms with Crippen LogP contribution in [0.4, 0.5) is 5.69 Å². The lowest BCUT2D eigenvalue weighted by Crippen LogP contribution is -2.38. The highest BCUT2D eigenvalue weighted by molar-refractivity contribution is 5.92. The molecule has 1 aliphatic rings. The zero-order chi connectivity index (χ0) is 23.9. The van der Waals surface area contributed by atoms with Crippen LogP contribution in [0.2, 0.25) is 0 Å². The normalized spacial score (nSPS) is 15.0. The van der Waals surface area contributed by atoms with Crippen molar-refractivity contribution in [3.8, 4) is 5.75 Å². The summed E-state index contributed by atoms with van der Waals surface area (Å²) in [5, 5.41) is 4.18. The lowest BCUT2D eigenvalue weighted by molar-refractivity contribution is -0.137. The summed E-state index contributed by atoms with van der Waals surface area (Å²) >= 11 is 0. The molecule has 2 heterocycles. The van der Waals surface area contributed by atoms with E-state index in [2.05, 4.69) is 33.5 Å². The predicted octanol–water partition coefficient (Wildman–Crippen LogP) is 4.57. The monoisotopic (exact) mass is 461 g/mol. The SMILES string of the molecule is CCOC(=O)/C=C/c1ccc(NC(=O)CN2CCC(c3c[nH]c4ccc(OC)cc34)CC2)cc1. The molecule has 0 spiro atoms. The molecule has 178 valence electrons. The van der Waals surface area contributed by atoms with E-state index in [9.17, 15) is 9.59 Å². The number of ether oxygens (including phenoxy) is 2. The average Bonchev–Trinajstić information content (AvgIpc) is 3.27. The van der Waals surface area contributed by atoms with Crippen LogP contribution >= 0.6 is 0 Å². The van der Waals surface area contributed by atoms with Crippen molar-refractivity contribution in [1.82, 2.24) is 9.88 Å². The molecule has 0 aliphatic carbocycles. The number of amides is 1. The van der Waals surface area contributed by atoms with Gasteiger partial charge in [0.1, 0.15) is 5.75 Å². The van der Waals surface area contributed by atoms with E-state index in [1.165, 1.54) is 17.0 Å². The lowest BCUT2D eigenvalue weighted by atomic mass is 9.89. The Kier molecular flexibility index (Phi) is 7.65. The lowest BCUT2D eigenvalue weighted by Gasteiger charge is -2.31. The molecule has 1 saturated heterocycles. The zero-order valence-electron chi connectivity index (χ0n) is 19.7. The van der Waals surface area contributed by atoms with Gasteiger partial charge in [0.05, 0.1) is 20.3 Å². The van der Waals surface area contributed by atoms with Crippen LogP contribution in [0.3, 0.4) is 0 Å². The van der Waals surface area contributed by atoms with Gasteiger partial charge in [0.15, 0.2) is 0 Å². The van der Waals surface area contributed by atoms with Gasteiger partial charge < -0.3 is 19.8 Å². The summed E-state index contributed by atoms with van der Waals surface area (Å²) in [6, 6.07) is 13.5. The van der Waals surface area contributed by atoms with Gasteiger partial charge in [-0.05, 0) is 86.3 Å². The molecule has 3 aromatic rings. The number of carbonyl (C=O) groups excluding carboxylic acids is 2. The van der Waals surface area contributed by atoms with Crippen molar-refractivity contribution in [2.45, 2.75) is 25.7 Å². The number of likely N-dealkylation sites (tertiary alicyclic amines) is 1. The minimum absolute atomic E-state index is 0.0231. The topological polar surface area (TPSA) is 83.7 Å². The maximum atomic E-state index is 12.6. The van der Waals surface area contributed by atoms with Crippen LogP contribution < -0.4 is 10.1 Å². The van der Waals surface area contributed by atoms with Crippen molar-refractivity contribution >= 4 is 34.5 Å². The summed E-state index contributed by atoms with van der Waals surface area (Å²) in [5.41, 5.74) is 4.05. The Morgan fingerprint density at radius 1 is 1.15 bits per heavy atom. The van der Waals surface area contributed by atoms with E-state index in [1.54, 1.807) is 20.1 Å². The molecule has 2 N–H and O–H groups in total. The summed E-state index contributed by atoms with van der Waals surface area (Å²) in [6.07, 6.45) is 7.23. The number of nitrogens with one attached hydrogen (secondary N) is 2. The van der Waals surface area contributed by atoms with E-state index < -0.39 is 0 Å². The number of aromatic nitrogens is 1. The number of methoxy groups -OCH3 is 1. The van der Waals surface area contributed by atoms with Crippen LogP contribution in [-0.2, 0) is 14.3 Å². The van der Waals surface area contributed by atoms with E-state index in [4.69, 9.17) is 9.47 Å². The first kappa shape index (κ1) is 23.6. The Hall–Kier alpha value is -3.58. The van der Waals surface area contributed by atoms with Crippen molar-refractivity contribution in [2.24, 2.45) is 0 Å². The van der Waals surface area contributed by atoms with Gasteiger partial charge in [0.2, 0.25) is 5.91 Å². The van der Waals surface area contributed by atoms with E-state index >= 15 is 0 Å². The highest BCUT2D eigenvalue weighted by atomic mass is 16.5. The van der Waals surface area contributed by atoms with Gasteiger partial charge in [-0.15, -0.1) is 0 Å². The largest absolute Gasteiger partial charge is 0.497 e. The van der Waals surface area contributed by atoms with E-state index in [0.717, 1.165) is 48.4 Å². The number of anilines is 1. The third-order valence-corrected chi connectivity index (χ3v) is 6.21. The van der Waals surface area contributed by atoms with Gasteiger partial charge in [-0.25, -0.2) is 4.79 Å². The number of rotatable bonds is 8. The number of hydrogen-bond donors (Lipinski definition) is 2.